The Morgan fingerprint density at radius 3 is 2.50 bits per heavy atom. The van der Waals surface area contributed by atoms with E-state index >= 15 is 0 Å². The number of hydrogen-bond donors (Lipinski definition) is 2. The Hall–Kier alpha value is -1.75. The van der Waals surface area contributed by atoms with Crippen LogP contribution < -0.4 is 4.74 Å². The maximum Gasteiger partial charge on any atom is 0.339 e. The number of ether oxygens (including phenoxy) is 2. The van der Waals surface area contributed by atoms with Crippen LogP contribution in [0.15, 0.2) is 12.1 Å². The second-order valence-corrected chi connectivity index (χ2v) is 3.31. The number of phenolic OH excluding ortho intramolecular Hbond substituents is 1. The lowest BCUT2D eigenvalue weighted by Crippen LogP contribution is -2.14. The van der Waals surface area contributed by atoms with Gasteiger partial charge in [0.05, 0.1) is 14.2 Å². The summed E-state index contributed by atoms with van der Waals surface area (Å²) in [6.07, 6.45) is -1.52. The van der Waals surface area contributed by atoms with E-state index in [0.717, 1.165) is 7.11 Å². The third kappa shape index (κ3) is 2.25. The standard InChI is InChI=1S/C11H14O5/c1-6-4-7(15-2)5-8(9(6)12)10(13)11(14)16-3/h4-5,10,12-13H,1-3H3. The number of benzene rings is 1. The molecule has 16 heavy (non-hydrogen) atoms. The van der Waals surface area contributed by atoms with Gasteiger partial charge in [-0.3, -0.25) is 0 Å². The molecule has 0 amide bonds. The van der Waals surface area contributed by atoms with Crippen molar-refractivity contribution in [2.45, 2.75) is 13.0 Å². The van der Waals surface area contributed by atoms with Gasteiger partial charge in [-0.1, -0.05) is 0 Å². The van der Waals surface area contributed by atoms with Gasteiger partial charge in [-0.15, -0.1) is 0 Å². The van der Waals surface area contributed by atoms with E-state index in [-0.39, 0.29) is 11.3 Å². The lowest BCUT2D eigenvalue weighted by Gasteiger charge is -2.13. The van der Waals surface area contributed by atoms with Gasteiger partial charge >= 0.3 is 5.97 Å². The number of esters is 1. The number of aryl methyl sites for hydroxylation is 1. The first-order valence-electron chi connectivity index (χ1n) is 4.64. The molecule has 0 saturated heterocycles. The largest absolute Gasteiger partial charge is 0.507 e. The third-order valence-corrected chi connectivity index (χ3v) is 2.26. The van der Waals surface area contributed by atoms with Crippen LogP contribution in [0.25, 0.3) is 0 Å². The molecule has 0 aliphatic rings. The third-order valence-electron chi connectivity index (χ3n) is 2.26. The number of aliphatic hydroxyl groups excluding tert-OH is 1. The second-order valence-electron chi connectivity index (χ2n) is 3.31. The van der Waals surface area contributed by atoms with Crippen LogP contribution in [0.5, 0.6) is 11.5 Å². The van der Waals surface area contributed by atoms with Gasteiger partial charge in [0.2, 0.25) is 0 Å². The van der Waals surface area contributed by atoms with Crippen molar-refractivity contribution in [1.82, 2.24) is 0 Å². The Morgan fingerprint density at radius 1 is 1.38 bits per heavy atom. The Kier molecular flexibility index (Phi) is 3.73. The lowest BCUT2D eigenvalue weighted by molar-refractivity contribution is -0.150. The molecular formula is C11H14O5. The number of methoxy groups -OCH3 is 2. The van der Waals surface area contributed by atoms with Gasteiger partial charge in [0, 0.05) is 5.56 Å². The maximum atomic E-state index is 11.2. The normalized spacial score (nSPS) is 12.0. The van der Waals surface area contributed by atoms with Crippen molar-refractivity contribution in [1.29, 1.82) is 0 Å². The molecule has 0 bridgehead atoms. The molecule has 0 saturated carbocycles. The molecule has 1 aromatic rings. The second kappa shape index (κ2) is 4.85. The van der Waals surface area contributed by atoms with Crippen molar-refractivity contribution in [3.05, 3.63) is 23.3 Å². The van der Waals surface area contributed by atoms with E-state index in [1.807, 2.05) is 0 Å². The number of aromatic hydroxyl groups is 1. The van der Waals surface area contributed by atoms with Crippen LogP contribution in [-0.2, 0) is 9.53 Å². The van der Waals surface area contributed by atoms with E-state index in [2.05, 4.69) is 4.74 Å². The lowest BCUT2D eigenvalue weighted by atomic mass is 10.0. The first-order valence-corrected chi connectivity index (χ1v) is 4.64. The van der Waals surface area contributed by atoms with E-state index in [1.54, 1.807) is 13.0 Å². The average molecular weight is 226 g/mol. The summed E-state index contributed by atoms with van der Waals surface area (Å²) in [4.78, 5) is 11.2. The van der Waals surface area contributed by atoms with Gasteiger partial charge in [-0.25, -0.2) is 4.79 Å². The van der Waals surface area contributed by atoms with Crippen LogP contribution in [0.2, 0.25) is 0 Å². The van der Waals surface area contributed by atoms with Crippen LogP contribution in [0.3, 0.4) is 0 Å². The molecule has 5 heteroatoms. The molecule has 0 aliphatic heterocycles. The van der Waals surface area contributed by atoms with Gasteiger partial charge in [0.25, 0.3) is 0 Å². The zero-order valence-corrected chi connectivity index (χ0v) is 9.35. The predicted molar refractivity (Wildman–Crippen MR) is 56.4 cm³/mol. The van der Waals surface area contributed by atoms with Gasteiger partial charge < -0.3 is 19.7 Å². The van der Waals surface area contributed by atoms with Gasteiger partial charge in [-0.2, -0.15) is 0 Å². The maximum absolute atomic E-state index is 11.2. The van der Waals surface area contributed by atoms with Gasteiger partial charge in [0.15, 0.2) is 6.10 Å². The quantitative estimate of drug-likeness (QED) is 0.749. The smallest absolute Gasteiger partial charge is 0.339 e. The summed E-state index contributed by atoms with van der Waals surface area (Å²) >= 11 is 0. The number of carbonyl (C=O) groups excluding carboxylic acids is 1. The molecule has 0 aliphatic carbocycles. The van der Waals surface area contributed by atoms with Crippen LogP contribution in [0.4, 0.5) is 0 Å². The Balaban J connectivity index is 3.21. The number of phenols is 1. The van der Waals surface area contributed by atoms with Crippen molar-refractivity contribution >= 4 is 5.97 Å². The highest BCUT2D eigenvalue weighted by Crippen LogP contribution is 2.32. The Bertz CT molecular complexity index is 400. The number of hydrogen-bond acceptors (Lipinski definition) is 5. The summed E-state index contributed by atoms with van der Waals surface area (Å²) in [5.74, 6) is -0.519. The Morgan fingerprint density at radius 2 is 2.00 bits per heavy atom. The molecule has 1 atom stereocenters. The molecule has 0 spiro atoms. The van der Waals surface area contributed by atoms with Crippen molar-refractivity contribution < 1.29 is 24.5 Å². The highest BCUT2D eigenvalue weighted by molar-refractivity contribution is 5.77. The molecular weight excluding hydrogens is 212 g/mol. The average Bonchev–Trinajstić information content (AvgIpc) is 2.30. The minimum absolute atomic E-state index is 0.0729. The highest BCUT2D eigenvalue weighted by atomic mass is 16.5. The van der Waals surface area contributed by atoms with Crippen molar-refractivity contribution in [3.63, 3.8) is 0 Å². The molecule has 2 N–H and O–H groups in total. The summed E-state index contributed by atoms with van der Waals surface area (Å²) < 4.78 is 9.37. The SMILES string of the molecule is COC(=O)C(O)c1cc(OC)cc(C)c1O. The number of carbonyl (C=O) groups is 1. The predicted octanol–water partition coefficient (Wildman–Crippen LogP) is 0.916. The molecule has 0 radical (unpaired) electrons. The molecule has 0 fully saturated rings. The summed E-state index contributed by atoms with van der Waals surface area (Å²) in [6.45, 7) is 1.64. The fourth-order valence-electron chi connectivity index (χ4n) is 1.34. The van der Waals surface area contributed by atoms with Crippen LogP contribution in [0, 0.1) is 6.92 Å². The molecule has 1 rings (SSSR count). The molecule has 5 nitrogen and oxygen atoms in total. The summed E-state index contributed by atoms with van der Waals surface area (Å²) in [5.41, 5.74) is 0.584. The topological polar surface area (TPSA) is 76.0 Å². The Labute approximate surface area is 93.2 Å². The van der Waals surface area contributed by atoms with E-state index < -0.39 is 12.1 Å². The van der Waals surface area contributed by atoms with Crippen molar-refractivity contribution in [3.8, 4) is 11.5 Å². The summed E-state index contributed by atoms with van der Waals surface area (Å²) in [5, 5.41) is 19.3. The number of aliphatic hydroxyl groups is 1. The molecule has 1 unspecified atom stereocenters. The first-order chi connectivity index (χ1) is 7.51. The molecule has 0 aromatic heterocycles. The molecule has 0 heterocycles. The minimum Gasteiger partial charge on any atom is -0.507 e. The van der Waals surface area contributed by atoms with E-state index in [4.69, 9.17) is 4.74 Å². The van der Waals surface area contributed by atoms with Gasteiger partial charge in [0.1, 0.15) is 11.5 Å². The zero-order chi connectivity index (χ0) is 12.3. The van der Waals surface area contributed by atoms with E-state index in [0.29, 0.717) is 11.3 Å². The molecule has 1 aromatic carbocycles. The van der Waals surface area contributed by atoms with Crippen molar-refractivity contribution in [2.24, 2.45) is 0 Å². The van der Waals surface area contributed by atoms with E-state index in [1.165, 1.54) is 13.2 Å². The van der Waals surface area contributed by atoms with Crippen LogP contribution >= 0.6 is 0 Å². The summed E-state index contributed by atoms with van der Waals surface area (Å²) in [7, 11) is 2.62. The summed E-state index contributed by atoms with van der Waals surface area (Å²) in [6, 6.07) is 2.99. The first kappa shape index (κ1) is 12.3. The molecule has 88 valence electrons. The fourth-order valence-corrected chi connectivity index (χ4v) is 1.34. The van der Waals surface area contributed by atoms with Crippen molar-refractivity contribution in [2.75, 3.05) is 14.2 Å². The van der Waals surface area contributed by atoms with E-state index in [9.17, 15) is 15.0 Å². The van der Waals surface area contributed by atoms with Crippen LogP contribution in [-0.4, -0.2) is 30.4 Å². The monoisotopic (exact) mass is 226 g/mol. The fraction of sp³-hybridized carbons (Fsp3) is 0.364. The highest BCUT2D eigenvalue weighted by Gasteiger charge is 2.23. The minimum atomic E-state index is -1.52. The van der Waals surface area contributed by atoms with Gasteiger partial charge in [-0.05, 0) is 24.6 Å². The zero-order valence-electron chi connectivity index (χ0n) is 9.35. The van der Waals surface area contributed by atoms with Crippen LogP contribution in [0.1, 0.15) is 17.2 Å². The number of rotatable bonds is 3.